The lowest BCUT2D eigenvalue weighted by Crippen LogP contribution is -2.10. The number of rotatable bonds is 4. The van der Waals surface area contributed by atoms with Crippen LogP contribution in [0.15, 0.2) is 35.0 Å². The maximum Gasteiger partial charge on any atom is 0.387 e. The summed E-state index contributed by atoms with van der Waals surface area (Å²) in [6, 6.07) is 5.92. The Kier molecular flexibility index (Phi) is 4.54. The number of hydrogen-bond donors (Lipinski definition) is 0. The number of halogens is 3. The van der Waals surface area contributed by atoms with Crippen LogP contribution in [-0.2, 0) is 16.6 Å². The molecule has 0 fully saturated rings. The molecule has 0 radical (unpaired) electrons. The van der Waals surface area contributed by atoms with Crippen molar-refractivity contribution in [3.63, 3.8) is 0 Å². The van der Waals surface area contributed by atoms with E-state index in [2.05, 4.69) is 14.8 Å². The Bertz CT molecular complexity index is 906. The number of ether oxygens (including phenoxy) is 2. The Morgan fingerprint density at radius 1 is 1.36 bits per heavy atom. The molecule has 0 N–H and O–H groups in total. The molecule has 2 heterocycles. The highest BCUT2D eigenvalue weighted by molar-refractivity contribution is 6.31. The SMILES string of the molecule is Cc1nn(C)c(Cl)c1C=C1N=C(c2ccccc2OC(F)F)OC1=O. The number of esters is 1. The number of alkyl halides is 2. The molecule has 0 unspecified atom stereocenters. The van der Waals surface area contributed by atoms with Gasteiger partial charge in [-0.2, -0.15) is 13.9 Å². The van der Waals surface area contributed by atoms with Crippen molar-refractivity contribution in [2.75, 3.05) is 0 Å². The molecule has 1 aliphatic rings. The third-order valence-corrected chi connectivity index (χ3v) is 3.88. The molecule has 25 heavy (non-hydrogen) atoms. The van der Waals surface area contributed by atoms with Crippen molar-refractivity contribution >= 4 is 29.5 Å². The first kappa shape index (κ1) is 17.1. The van der Waals surface area contributed by atoms with Gasteiger partial charge in [0.25, 0.3) is 0 Å². The molecule has 1 aromatic heterocycles. The van der Waals surface area contributed by atoms with Crippen LogP contribution in [0.1, 0.15) is 16.8 Å². The predicted octanol–water partition coefficient (Wildman–Crippen LogP) is 3.33. The molecule has 1 aromatic carbocycles. The van der Waals surface area contributed by atoms with Gasteiger partial charge >= 0.3 is 12.6 Å². The van der Waals surface area contributed by atoms with E-state index in [4.69, 9.17) is 16.3 Å². The first-order chi connectivity index (χ1) is 11.9. The fourth-order valence-electron chi connectivity index (χ4n) is 2.31. The molecule has 130 valence electrons. The van der Waals surface area contributed by atoms with Gasteiger partial charge in [0.15, 0.2) is 5.70 Å². The van der Waals surface area contributed by atoms with Gasteiger partial charge in [-0.3, -0.25) is 4.68 Å². The number of aromatic nitrogens is 2. The van der Waals surface area contributed by atoms with Crippen LogP contribution < -0.4 is 4.74 Å². The zero-order valence-electron chi connectivity index (χ0n) is 13.2. The fraction of sp³-hybridized carbons (Fsp3) is 0.188. The molecule has 0 saturated heterocycles. The van der Waals surface area contributed by atoms with E-state index in [1.165, 1.54) is 29.0 Å². The summed E-state index contributed by atoms with van der Waals surface area (Å²) in [5.41, 5.74) is 1.27. The second-order valence-corrected chi connectivity index (χ2v) is 5.48. The van der Waals surface area contributed by atoms with Gasteiger partial charge in [0, 0.05) is 12.6 Å². The summed E-state index contributed by atoms with van der Waals surface area (Å²) in [6.07, 6.45) is 1.44. The van der Waals surface area contributed by atoms with Crippen LogP contribution in [0.25, 0.3) is 6.08 Å². The van der Waals surface area contributed by atoms with Crippen LogP contribution in [0.5, 0.6) is 5.75 Å². The van der Waals surface area contributed by atoms with Gasteiger partial charge in [-0.15, -0.1) is 0 Å². The smallest absolute Gasteiger partial charge is 0.387 e. The van der Waals surface area contributed by atoms with E-state index in [-0.39, 0.29) is 22.9 Å². The molecule has 3 rings (SSSR count). The molecule has 0 bridgehead atoms. The minimum Gasteiger partial charge on any atom is -0.434 e. The van der Waals surface area contributed by atoms with Crippen molar-refractivity contribution < 1.29 is 23.0 Å². The van der Waals surface area contributed by atoms with Crippen molar-refractivity contribution in [2.45, 2.75) is 13.5 Å². The number of hydrogen-bond acceptors (Lipinski definition) is 5. The Hall–Kier alpha value is -2.74. The van der Waals surface area contributed by atoms with Crippen LogP contribution >= 0.6 is 11.6 Å². The first-order valence-corrected chi connectivity index (χ1v) is 7.50. The summed E-state index contributed by atoms with van der Waals surface area (Å²) in [6.45, 7) is -1.28. The molecule has 0 spiro atoms. The van der Waals surface area contributed by atoms with Crippen molar-refractivity contribution in [1.29, 1.82) is 0 Å². The quantitative estimate of drug-likeness (QED) is 0.614. The highest BCUT2D eigenvalue weighted by Crippen LogP contribution is 2.28. The van der Waals surface area contributed by atoms with E-state index in [9.17, 15) is 13.6 Å². The van der Waals surface area contributed by atoms with Crippen molar-refractivity contribution in [3.05, 3.63) is 51.9 Å². The third-order valence-electron chi connectivity index (χ3n) is 3.43. The van der Waals surface area contributed by atoms with Crippen LogP contribution in [0.2, 0.25) is 5.15 Å². The van der Waals surface area contributed by atoms with E-state index in [1.807, 2.05) is 0 Å². The third kappa shape index (κ3) is 3.39. The van der Waals surface area contributed by atoms with Gasteiger partial charge in [-0.05, 0) is 25.1 Å². The normalized spacial score (nSPS) is 15.7. The average molecular weight is 368 g/mol. The summed E-state index contributed by atoms with van der Waals surface area (Å²) < 4.78 is 36.0. The lowest BCUT2D eigenvalue weighted by molar-refractivity contribution is -0.129. The molecular weight excluding hydrogens is 356 g/mol. The molecule has 0 aliphatic carbocycles. The number of aryl methyl sites for hydroxylation is 2. The minimum atomic E-state index is -3.01. The number of benzene rings is 1. The Morgan fingerprint density at radius 2 is 2.08 bits per heavy atom. The summed E-state index contributed by atoms with van der Waals surface area (Å²) in [5, 5.41) is 4.47. The van der Waals surface area contributed by atoms with Crippen LogP contribution in [0.4, 0.5) is 8.78 Å². The number of carbonyl (C=O) groups excluding carboxylic acids is 1. The highest BCUT2D eigenvalue weighted by atomic mass is 35.5. The Morgan fingerprint density at radius 3 is 2.72 bits per heavy atom. The molecule has 2 aromatic rings. The summed E-state index contributed by atoms with van der Waals surface area (Å²) in [5.74, 6) is -0.979. The number of carbonyl (C=O) groups is 1. The van der Waals surface area contributed by atoms with Gasteiger partial charge in [-0.1, -0.05) is 23.7 Å². The summed E-state index contributed by atoms with van der Waals surface area (Å²) >= 11 is 6.13. The van der Waals surface area contributed by atoms with Crippen LogP contribution in [-0.4, -0.2) is 28.3 Å². The van der Waals surface area contributed by atoms with Crippen molar-refractivity contribution in [1.82, 2.24) is 9.78 Å². The predicted molar refractivity (Wildman–Crippen MR) is 86.6 cm³/mol. The van der Waals surface area contributed by atoms with E-state index in [1.54, 1.807) is 20.0 Å². The number of aliphatic imine (C=N–C) groups is 1. The zero-order valence-corrected chi connectivity index (χ0v) is 13.9. The van der Waals surface area contributed by atoms with Crippen molar-refractivity contribution in [3.8, 4) is 5.75 Å². The number of nitrogens with zero attached hydrogens (tertiary/aromatic N) is 3. The fourth-order valence-corrected chi connectivity index (χ4v) is 2.54. The Balaban J connectivity index is 2.00. The lowest BCUT2D eigenvalue weighted by atomic mass is 10.2. The Labute approximate surface area is 146 Å². The molecule has 0 amide bonds. The van der Waals surface area contributed by atoms with Crippen molar-refractivity contribution in [2.24, 2.45) is 12.0 Å². The number of cyclic esters (lactones) is 1. The number of para-hydroxylation sites is 1. The van der Waals surface area contributed by atoms with Gasteiger partial charge in [0.2, 0.25) is 5.90 Å². The second kappa shape index (κ2) is 6.64. The summed E-state index contributed by atoms with van der Waals surface area (Å²) in [4.78, 5) is 16.1. The van der Waals surface area contributed by atoms with Gasteiger partial charge < -0.3 is 9.47 Å². The standard InChI is InChI=1S/C16H12ClF2N3O3/c1-8-10(13(17)22(2)21-8)7-11-15(23)25-14(20-11)9-5-3-4-6-12(9)24-16(18)19/h3-7,16H,1-2H3. The monoisotopic (exact) mass is 367 g/mol. The summed E-state index contributed by atoms with van der Waals surface area (Å²) in [7, 11) is 1.66. The van der Waals surface area contributed by atoms with Crippen LogP contribution in [0.3, 0.4) is 0 Å². The first-order valence-electron chi connectivity index (χ1n) is 7.12. The topological polar surface area (TPSA) is 65.7 Å². The molecule has 6 nitrogen and oxygen atoms in total. The second-order valence-electron chi connectivity index (χ2n) is 5.12. The zero-order chi connectivity index (χ0) is 18.1. The largest absolute Gasteiger partial charge is 0.434 e. The van der Waals surface area contributed by atoms with Gasteiger partial charge in [0.1, 0.15) is 10.9 Å². The maximum atomic E-state index is 12.5. The molecule has 0 atom stereocenters. The van der Waals surface area contributed by atoms with Gasteiger partial charge in [-0.25, -0.2) is 9.79 Å². The molecule has 0 saturated carbocycles. The van der Waals surface area contributed by atoms with Crippen LogP contribution in [0, 0.1) is 6.92 Å². The van der Waals surface area contributed by atoms with E-state index in [0.29, 0.717) is 16.4 Å². The minimum absolute atomic E-state index is 0.0140. The lowest BCUT2D eigenvalue weighted by Gasteiger charge is -2.08. The maximum absolute atomic E-state index is 12.5. The van der Waals surface area contributed by atoms with E-state index in [0.717, 1.165) is 0 Å². The highest BCUT2D eigenvalue weighted by Gasteiger charge is 2.27. The molecular formula is C16H12ClF2N3O3. The molecule has 9 heteroatoms. The average Bonchev–Trinajstić information content (AvgIpc) is 3.02. The van der Waals surface area contributed by atoms with E-state index < -0.39 is 12.6 Å². The van der Waals surface area contributed by atoms with Gasteiger partial charge in [0.05, 0.1) is 11.3 Å². The molecule has 1 aliphatic heterocycles. The van der Waals surface area contributed by atoms with E-state index >= 15 is 0 Å².